The Morgan fingerprint density at radius 3 is 2.21 bits per heavy atom. The molecule has 0 aliphatic rings. The van der Waals surface area contributed by atoms with Gasteiger partial charge in [-0.15, -0.1) is 0 Å². The molecule has 0 saturated carbocycles. The maximum Gasteiger partial charge on any atom is 0.198 e. The number of rotatable bonds is 3. The molecular weight excluding hydrogens is 238 g/mol. The molecular formula is C16H17NO2. The van der Waals surface area contributed by atoms with E-state index in [9.17, 15) is 4.79 Å². The van der Waals surface area contributed by atoms with E-state index in [1.54, 1.807) is 19.2 Å². The Balaban J connectivity index is 2.55. The highest BCUT2D eigenvalue weighted by Gasteiger charge is 2.07. The molecule has 0 N–H and O–H groups in total. The summed E-state index contributed by atoms with van der Waals surface area (Å²) in [5, 5.41) is 0. The van der Waals surface area contributed by atoms with E-state index in [1.807, 2.05) is 54.8 Å². The first-order chi connectivity index (χ1) is 9.11. The quantitative estimate of drug-likeness (QED) is 0.789. The summed E-state index contributed by atoms with van der Waals surface area (Å²) in [4.78, 5) is 11.5. The van der Waals surface area contributed by atoms with Crippen molar-refractivity contribution >= 4 is 12.0 Å². The molecule has 0 unspecified atom stereocenters. The van der Waals surface area contributed by atoms with E-state index in [4.69, 9.17) is 4.74 Å². The molecule has 0 bridgehead atoms. The van der Waals surface area contributed by atoms with Crippen molar-refractivity contribution in [1.82, 2.24) is 4.57 Å². The molecule has 1 aromatic carbocycles. The number of benzene rings is 1. The Kier molecular flexibility index (Phi) is 3.85. The van der Waals surface area contributed by atoms with E-state index in [-0.39, 0.29) is 5.43 Å². The van der Waals surface area contributed by atoms with Crippen LogP contribution in [0.2, 0.25) is 0 Å². The maximum absolute atomic E-state index is 11.5. The highest BCUT2D eigenvalue weighted by atomic mass is 16.5. The number of ether oxygens (including phenoxy) is 1. The van der Waals surface area contributed by atoms with Crippen molar-refractivity contribution in [2.75, 3.05) is 7.11 Å². The van der Waals surface area contributed by atoms with Gasteiger partial charge in [0.15, 0.2) is 11.3 Å². The van der Waals surface area contributed by atoms with Gasteiger partial charge in [0, 0.05) is 29.6 Å². The molecule has 0 fully saturated rings. The topological polar surface area (TPSA) is 31.2 Å². The number of aromatic nitrogens is 1. The summed E-state index contributed by atoms with van der Waals surface area (Å²) < 4.78 is 7.39. The van der Waals surface area contributed by atoms with Crippen LogP contribution in [0.5, 0.6) is 0 Å². The van der Waals surface area contributed by atoms with E-state index in [2.05, 4.69) is 0 Å². The zero-order valence-electron chi connectivity index (χ0n) is 11.4. The Hall–Kier alpha value is -2.29. The van der Waals surface area contributed by atoms with Gasteiger partial charge >= 0.3 is 0 Å². The van der Waals surface area contributed by atoms with Gasteiger partial charge in [-0.25, -0.2) is 0 Å². The third-order valence-corrected chi connectivity index (χ3v) is 2.93. The lowest BCUT2D eigenvalue weighted by molar-refractivity contribution is 0.344. The van der Waals surface area contributed by atoms with Crippen molar-refractivity contribution in [3.05, 3.63) is 69.6 Å². The van der Waals surface area contributed by atoms with Crippen LogP contribution >= 0.6 is 0 Å². The fourth-order valence-electron chi connectivity index (χ4n) is 2.11. The third-order valence-electron chi connectivity index (χ3n) is 2.93. The standard InChI is InChI=1S/C16H17NO2/c1-12-9-15(18)10-13(2)17(12)16(19-3)11-14-7-5-4-6-8-14/h4-11H,1-3H3. The van der Waals surface area contributed by atoms with E-state index < -0.39 is 0 Å². The van der Waals surface area contributed by atoms with Gasteiger partial charge < -0.3 is 4.74 Å². The Labute approximate surface area is 112 Å². The maximum atomic E-state index is 11.5. The van der Waals surface area contributed by atoms with Crippen molar-refractivity contribution in [2.24, 2.45) is 0 Å². The van der Waals surface area contributed by atoms with Gasteiger partial charge in [-0.05, 0) is 19.4 Å². The monoisotopic (exact) mass is 255 g/mol. The molecule has 2 rings (SSSR count). The first kappa shape index (κ1) is 13.1. The van der Waals surface area contributed by atoms with Crippen molar-refractivity contribution in [3.8, 4) is 0 Å². The molecule has 19 heavy (non-hydrogen) atoms. The second-order valence-corrected chi connectivity index (χ2v) is 4.41. The van der Waals surface area contributed by atoms with Crippen LogP contribution in [0, 0.1) is 13.8 Å². The summed E-state index contributed by atoms with van der Waals surface area (Å²) in [6.07, 6.45) is 1.95. The lowest BCUT2D eigenvalue weighted by Gasteiger charge is -2.16. The highest BCUT2D eigenvalue weighted by molar-refractivity contribution is 5.67. The van der Waals surface area contributed by atoms with Crippen molar-refractivity contribution in [1.29, 1.82) is 0 Å². The molecule has 2 aromatic rings. The number of aryl methyl sites for hydroxylation is 2. The fraction of sp³-hybridized carbons (Fsp3) is 0.188. The summed E-state index contributed by atoms with van der Waals surface area (Å²) >= 11 is 0. The van der Waals surface area contributed by atoms with Crippen LogP contribution in [-0.2, 0) is 4.74 Å². The average Bonchev–Trinajstić information content (AvgIpc) is 2.37. The highest BCUT2D eigenvalue weighted by Crippen LogP contribution is 2.16. The molecule has 3 heteroatoms. The van der Waals surface area contributed by atoms with Crippen molar-refractivity contribution < 1.29 is 4.74 Å². The molecule has 1 heterocycles. The van der Waals surface area contributed by atoms with Crippen LogP contribution in [-0.4, -0.2) is 11.7 Å². The molecule has 98 valence electrons. The van der Waals surface area contributed by atoms with Crippen LogP contribution in [0.3, 0.4) is 0 Å². The Morgan fingerprint density at radius 2 is 1.68 bits per heavy atom. The van der Waals surface area contributed by atoms with E-state index in [0.29, 0.717) is 5.88 Å². The number of pyridine rings is 1. The van der Waals surface area contributed by atoms with E-state index >= 15 is 0 Å². The predicted octanol–water partition coefficient (Wildman–Crippen LogP) is 3.07. The van der Waals surface area contributed by atoms with Crippen LogP contribution in [0.4, 0.5) is 0 Å². The Morgan fingerprint density at radius 1 is 1.11 bits per heavy atom. The second-order valence-electron chi connectivity index (χ2n) is 4.41. The van der Waals surface area contributed by atoms with Crippen LogP contribution in [0.1, 0.15) is 17.0 Å². The summed E-state index contributed by atoms with van der Waals surface area (Å²) in [7, 11) is 1.63. The van der Waals surface area contributed by atoms with E-state index in [1.165, 1.54) is 0 Å². The smallest absolute Gasteiger partial charge is 0.198 e. The van der Waals surface area contributed by atoms with Gasteiger partial charge in [0.2, 0.25) is 0 Å². The van der Waals surface area contributed by atoms with Crippen molar-refractivity contribution in [3.63, 3.8) is 0 Å². The zero-order valence-corrected chi connectivity index (χ0v) is 11.4. The molecule has 0 aliphatic carbocycles. The van der Waals surface area contributed by atoms with Gasteiger partial charge in [-0.2, -0.15) is 0 Å². The van der Waals surface area contributed by atoms with Crippen molar-refractivity contribution in [2.45, 2.75) is 13.8 Å². The van der Waals surface area contributed by atoms with Gasteiger partial charge in [0.05, 0.1) is 7.11 Å². The number of nitrogens with zero attached hydrogens (tertiary/aromatic N) is 1. The molecule has 0 amide bonds. The van der Waals surface area contributed by atoms with Gasteiger partial charge in [-0.3, -0.25) is 9.36 Å². The first-order valence-corrected chi connectivity index (χ1v) is 6.13. The molecule has 1 aromatic heterocycles. The second kappa shape index (κ2) is 5.57. The van der Waals surface area contributed by atoms with Crippen LogP contribution in [0.15, 0.2) is 47.3 Å². The lowest BCUT2D eigenvalue weighted by Crippen LogP contribution is -2.13. The normalized spacial score (nSPS) is 11.4. The summed E-state index contributed by atoms with van der Waals surface area (Å²) in [5.74, 6) is 0.696. The number of hydrogen-bond acceptors (Lipinski definition) is 2. The van der Waals surface area contributed by atoms with E-state index in [0.717, 1.165) is 17.0 Å². The summed E-state index contributed by atoms with van der Waals surface area (Å²) in [6.45, 7) is 3.79. The van der Waals surface area contributed by atoms with Gasteiger partial charge in [0.1, 0.15) is 0 Å². The Bertz CT molecular complexity index is 628. The molecule has 3 nitrogen and oxygen atoms in total. The molecule has 0 spiro atoms. The van der Waals surface area contributed by atoms with Crippen LogP contribution in [0.25, 0.3) is 12.0 Å². The molecule has 0 radical (unpaired) electrons. The van der Waals surface area contributed by atoms with Crippen LogP contribution < -0.4 is 5.43 Å². The largest absolute Gasteiger partial charge is 0.482 e. The minimum atomic E-state index is 0.0152. The predicted molar refractivity (Wildman–Crippen MR) is 77.8 cm³/mol. The lowest BCUT2D eigenvalue weighted by atomic mass is 10.2. The number of hydrogen-bond donors (Lipinski definition) is 0. The number of methoxy groups -OCH3 is 1. The minimum absolute atomic E-state index is 0.0152. The first-order valence-electron chi connectivity index (χ1n) is 6.13. The third kappa shape index (κ3) is 2.94. The SMILES string of the molecule is COC(=Cc1ccccc1)n1c(C)cc(=O)cc1C. The zero-order chi connectivity index (χ0) is 13.8. The summed E-state index contributed by atoms with van der Waals surface area (Å²) in [6, 6.07) is 13.1. The fourth-order valence-corrected chi connectivity index (χ4v) is 2.11. The average molecular weight is 255 g/mol. The summed E-state index contributed by atoms with van der Waals surface area (Å²) in [5.41, 5.74) is 2.78. The molecule has 0 saturated heterocycles. The molecule has 0 aliphatic heterocycles. The molecule has 0 atom stereocenters. The minimum Gasteiger partial charge on any atom is -0.482 e. The van der Waals surface area contributed by atoms with Gasteiger partial charge in [0.25, 0.3) is 0 Å². The van der Waals surface area contributed by atoms with Gasteiger partial charge in [-0.1, -0.05) is 30.3 Å².